The number of aliphatic hydroxyl groups is 1. The maximum absolute atomic E-state index is 12.8. The van der Waals surface area contributed by atoms with Crippen molar-refractivity contribution in [2.45, 2.75) is 50.5 Å². The number of hydrogen-bond acceptors (Lipinski definition) is 3. The Morgan fingerprint density at radius 3 is 2.26 bits per heavy atom. The van der Waals surface area contributed by atoms with E-state index in [9.17, 15) is 8.42 Å². The Morgan fingerprint density at radius 2 is 1.70 bits per heavy atom. The number of rotatable bonds is 6. The van der Waals surface area contributed by atoms with Crippen LogP contribution in [0.5, 0.6) is 0 Å². The van der Waals surface area contributed by atoms with E-state index in [-0.39, 0.29) is 11.5 Å². The molecule has 0 unspecified atom stereocenters. The minimum atomic E-state index is -3.67. The molecule has 0 aromatic heterocycles. The molecule has 2 N–H and O–H groups in total. The maximum atomic E-state index is 12.8. The van der Waals surface area contributed by atoms with Crippen LogP contribution in [0.15, 0.2) is 41.3 Å². The second-order valence-electron chi connectivity index (χ2n) is 6.82. The highest BCUT2D eigenvalue weighted by atomic mass is 32.2. The lowest BCUT2D eigenvalue weighted by Gasteiger charge is -2.25. The van der Waals surface area contributed by atoms with Crippen LogP contribution < -0.4 is 4.72 Å². The third-order valence-corrected chi connectivity index (χ3v) is 5.73. The Bertz CT molecular complexity index is 795. The van der Waals surface area contributed by atoms with Gasteiger partial charge in [0.1, 0.15) is 0 Å². The fourth-order valence-corrected chi connectivity index (χ4v) is 4.44. The van der Waals surface area contributed by atoms with E-state index in [4.69, 9.17) is 5.11 Å². The number of nitrogens with one attached hydrogen (secondary N) is 1. The van der Waals surface area contributed by atoms with Crippen molar-refractivity contribution >= 4 is 20.8 Å². The standard InChI is InChI=1S/C18H25NO3S/c1-13(2)14-9-10-17(16-8-6-5-7-15(14)16)23(21,22)19-18(3,4)11-12-20/h5-10,13,19-20H,11-12H2,1-4H3. The number of hydrogen-bond donors (Lipinski definition) is 2. The summed E-state index contributed by atoms with van der Waals surface area (Å²) in [6.07, 6.45) is 0.355. The van der Waals surface area contributed by atoms with Gasteiger partial charge in [-0.05, 0) is 43.2 Å². The first kappa shape index (κ1) is 17.9. The largest absolute Gasteiger partial charge is 0.396 e. The van der Waals surface area contributed by atoms with E-state index in [1.165, 1.54) is 0 Å². The lowest BCUT2D eigenvalue weighted by atomic mass is 9.96. The molecule has 2 rings (SSSR count). The molecular formula is C18H25NO3S. The Hall–Kier alpha value is -1.43. The Labute approximate surface area is 138 Å². The fourth-order valence-electron chi connectivity index (χ4n) is 2.78. The number of benzene rings is 2. The van der Waals surface area contributed by atoms with Crippen LogP contribution in [0.2, 0.25) is 0 Å². The summed E-state index contributed by atoms with van der Waals surface area (Å²) in [6, 6.07) is 11.1. The Morgan fingerprint density at radius 1 is 1.09 bits per heavy atom. The first-order valence-corrected chi connectivity index (χ1v) is 9.33. The lowest BCUT2D eigenvalue weighted by molar-refractivity contribution is 0.246. The van der Waals surface area contributed by atoms with E-state index in [2.05, 4.69) is 18.6 Å². The third kappa shape index (κ3) is 3.91. The molecule has 0 spiro atoms. The molecule has 0 saturated heterocycles. The van der Waals surface area contributed by atoms with Gasteiger partial charge in [0.2, 0.25) is 10.0 Å². The molecule has 0 saturated carbocycles. The van der Waals surface area contributed by atoms with Gasteiger partial charge in [-0.25, -0.2) is 13.1 Å². The highest BCUT2D eigenvalue weighted by molar-refractivity contribution is 7.89. The van der Waals surface area contributed by atoms with E-state index >= 15 is 0 Å². The summed E-state index contributed by atoms with van der Waals surface area (Å²) in [6.45, 7) is 7.66. The van der Waals surface area contributed by atoms with Gasteiger partial charge >= 0.3 is 0 Å². The summed E-state index contributed by atoms with van der Waals surface area (Å²) in [5, 5.41) is 10.8. The van der Waals surface area contributed by atoms with E-state index in [1.807, 2.05) is 30.3 Å². The fraction of sp³-hybridized carbons (Fsp3) is 0.444. The predicted octanol–water partition coefficient (Wildman–Crippen LogP) is 3.40. The number of fused-ring (bicyclic) bond motifs is 1. The summed E-state index contributed by atoms with van der Waals surface area (Å²) in [5.74, 6) is 0.315. The van der Waals surface area contributed by atoms with Crippen molar-refractivity contribution in [3.8, 4) is 0 Å². The van der Waals surface area contributed by atoms with Gasteiger partial charge in [0, 0.05) is 17.5 Å². The second kappa shape index (κ2) is 6.59. The molecule has 0 bridgehead atoms. The number of sulfonamides is 1. The Balaban J connectivity index is 2.58. The molecular weight excluding hydrogens is 310 g/mol. The normalized spacial score (nSPS) is 13.0. The summed E-state index contributed by atoms with van der Waals surface area (Å²) in [5.41, 5.74) is 0.431. The minimum Gasteiger partial charge on any atom is -0.396 e. The molecule has 0 amide bonds. The molecule has 0 atom stereocenters. The molecule has 5 heteroatoms. The topological polar surface area (TPSA) is 66.4 Å². The highest BCUT2D eigenvalue weighted by Crippen LogP contribution is 2.31. The van der Waals surface area contributed by atoms with Crippen LogP contribution >= 0.6 is 0 Å². The zero-order valence-corrected chi connectivity index (χ0v) is 14.9. The molecule has 0 aliphatic heterocycles. The highest BCUT2D eigenvalue weighted by Gasteiger charge is 2.27. The van der Waals surface area contributed by atoms with Gasteiger partial charge in [0.05, 0.1) is 4.90 Å². The zero-order valence-electron chi connectivity index (χ0n) is 14.1. The summed E-state index contributed by atoms with van der Waals surface area (Å²) < 4.78 is 28.4. The maximum Gasteiger partial charge on any atom is 0.241 e. The molecule has 2 aromatic rings. The molecule has 23 heavy (non-hydrogen) atoms. The van der Waals surface area contributed by atoms with Gasteiger partial charge in [-0.3, -0.25) is 0 Å². The second-order valence-corrected chi connectivity index (χ2v) is 8.47. The van der Waals surface area contributed by atoms with Crippen LogP contribution in [0.3, 0.4) is 0 Å². The first-order valence-electron chi connectivity index (χ1n) is 7.84. The van der Waals surface area contributed by atoms with Gasteiger partial charge in [0.25, 0.3) is 0 Å². The zero-order chi connectivity index (χ0) is 17.3. The third-order valence-electron chi connectivity index (χ3n) is 3.98. The average molecular weight is 335 g/mol. The molecule has 2 aromatic carbocycles. The van der Waals surface area contributed by atoms with Crippen molar-refractivity contribution in [3.63, 3.8) is 0 Å². The SMILES string of the molecule is CC(C)c1ccc(S(=O)(=O)NC(C)(C)CCO)c2ccccc12. The first-order chi connectivity index (χ1) is 10.7. The van der Waals surface area contributed by atoms with Crippen LogP contribution in [-0.2, 0) is 10.0 Å². The van der Waals surface area contributed by atoms with Crippen molar-refractivity contribution in [1.29, 1.82) is 0 Å². The van der Waals surface area contributed by atoms with Crippen LogP contribution in [0.4, 0.5) is 0 Å². The van der Waals surface area contributed by atoms with Crippen LogP contribution in [0.25, 0.3) is 10.8 Å². The molecule has 0 radical (unpaired) electrons. The van der Waals surface area contributed by atoms with Crippen molar-refractivity contribution in [2.24, 2.45) is 0 Å². The average Bonchev–Trinajstić information content (AvgIpc) is 2.44. The quantitative estimate of drug-likeness (QED) is 0.850. The molecule has 0 fully saturated rings. The van der Waals surface area contributed by atoms with E-state index in [0.29, 0.717) is 12.3 Å². The van der Waals surface area contributed by atoms with E-state index in [1.54, 1.807) is 19.9 Å². The summed E-state index contributed by atoms with van der Waals surface area (Å²) in [7, 11) is -3.67. The monoisotopic (exact) mass is 335 g/mol. The van der Waals surface area contributed by atoms with Crippen molar-refractivity contribution < 1.29 is 13.5 Å². The number of aliphatic hydroxyl groups excluding tert-OH is 1. The minimum absolute atomic E-state index is 0.0669. The van der Waals surface area contributed by atoms with Gasteiger partial charge < -0.3 is 5.11 Å². The molecule has 0 heterocycles. The van der Waals surface area contributed by atoms with Gasteiger partial charge in [0.15, 0.2) is 0 Å². The summed E-state index contributed by atoms with van der Waals surface area (Å²) >= 11 is 0. The summed E-state index contributed by atoms with van der Waals surface area (Å²) in [4.78, 5) is 0.281. The van der Waals surface area contributed by atoms with Gasteiger partial charge in [-0.15, -0.1) is 0 Å². The van der Waals surface area contributed by atoms with E-state index < -0.39 is 15.6 Å². The van der Waals surface area contributed by atoms with Gasteiger partial charge in [-0.1, -0.05) is 44.2 Å². The van der Waals surface area contributed by atoms with Crippen molar-refractivity contribution in [1.82, 2.24) is 4.72 Å². The molecule has 126 valence electrons. The predicted molar refractivity (Wildman–Crippen MR) is 94.1 cm³/mol. The van der Waals surface area contributed by atoms with Crippen LogP contribution in [-0.4, -0.2) is 25.7 Å². The van der Waals surface area contributed by atoms with Crippen LogP contribution in [0.1, 0.15) is 45.6 Å². The lowest BCUT2D eigenvalue weighted by Crippen LogP contribution is -2.43. The van der Waals surface area contributed by atoms with Crippen molar-refractivity contribution in [3.05, 3.63) is 42.0 Å². The van der Waals surface area contributed by atoms with Gasteiger partial charge in [-0.2, -0.15) is 0 Å². The molecule has 0 aliphatic rings. The molecule has 4 nitrogen and oxygen atoms in total. The van der Waals surface area contributed by atoms with Crippen LogP contribution in [0, 0.1) is 0 Å². The van der Waals surface area contributed by atoms with Crippen molar-refractivity contribution in [2.75, 3.05) is 6.61 Å². The Kier molecular flexibility index (Phi) is 5.14. The smallest absolute Gasteiger partial charge is 0.241 e. The van der Waals surface area contributed by atoms with E-state index in [0.717, 1.165) is 16.3 Å². The molecule has 0 aliphatic carbocycles.